The minimum atomic E-state index is -2.44. The quantitative estimate of drug-likeness (QED) is 0.330. The molecule has 0 spiro atoms. The first-order valence-electron chi connectivity index (χ1n) is 6.33. The summed E-state index contributed by atoms with van der Waals surface area (Å²) in [4.78, 5) is 0. The van der Waals surface area contributed by atoms with Crippen molar-refractivity contribution in [3.8, 4) is 5.75 Å². The van der Waals surface area contributed by atoms with Crippen LogP contribution in [0.2, 0.25) is 5.02 Å². The summed E-state index contributed by atoms with van der Waals surface area (Å²) in [6.45, 7) is 8.97. The summed E-state index contributed by atoms with van der Waals surface area (Å²) in [6.07, 6.45) is 0. The molecule has 0 radical (unpaired) electrons. The van der Waals surface area contributed by atoms with Gasteiger partial charge in [-0.25, -0.2) is 0 Å². The fourth-order valence-electron chi connectivity index (χ4n) is 1.19. The number of hydrogen-bond acceptors (Lipinski definition) is 5. The summed E-state index contributed by atoms with van der Waals surface area (Å²) in [5.74, 6) is 0.574. The van der Waals surface area contributed by atoms with Crippen molar-refractivity contribution >= 4 is 68.2 Å². The molecule has 21 heavy (non-hydrogen) atoms. The number of halogens is 2. The van der Waals surface area contributed by atoms with Crippen molar-refractivity contribution in [2.45, 2.75) is 32.4 Å². The van der Waals surface area contributed by atoms with Crippen molar-refractivity contribution in [1.29, 1.82) is 0 Å². The molecule has 8 heteroatoms. The van der Waals surface area contributed by atoms with Gasteiger partial charge in [0.2, 0.25) is 0 Å². The Morgan fingerprint density at radius 2 is 2.05 bits per heavy atom. The summed E-state index contributed by atoms with van der Waals surface area (Å²) >= 11 is 18.6. The first-order valence-corrected chi connectivity index (χ1v) is 12.7. The first-order chi connectivity index (χ1) is 9.65. The summed E-state index contributed by atoms with van der Waals surface area (Å²) in [7, 11) is 0. The highest BCUT2D eigenvalue weighted by atomic mass is 79.9. The fourth-order valence-corrected chi connectivity index (χ4v) is 9.28. The van der Waals surface area contributed by atoms with Crippen LogP contribution in [0.5, 0.6) is 5.75 Å². The molecule has 0 N–H and O–H groups in total. The summed E-state index contributed by atoms with van der Waals surface area (Å²) < 4.78 is 12.8. The Bertz CT molecular complexity index is 523. The van der Waals surface area contributed by atoms with Crippen LogP contribution in [0.25, 0.3) is 0 Å². The molecule has 0 aromatic heterocycles. The average Bonchev–Trinajstić information content (AvgIpc) is 2.31. The van der Waals surface area contributed by atoms with Gasteiger partial charge in [0.15, 0.2) is 0 Å². The van der Waals surface area contributed by atoms with Crippen LogP contribution >= 0.6 is 56.4 Å². The molecule has 0 saturated carbocycles. The van der Waals surface area contributed by atoms with E-state index in [-0.39, 0.29) is 4.75 Å². The second-order valence-electron chi connectivity index (χ2n) is 5.03. The van der Waals surface area contributed by atoms with Gasteiger partial charge in [0.05, 0.1) is 11.6 Å². The lowest BCUT2D eigenvalue weighted by molar-refractivity contribution is 0.344. The van der Waals surface area contributed by atoms with Gasteiger partial charge in [-0.1, -0.05) is 48.3 Å². The molecule has 0 amide bonds. The predicted molar refractivity (Wildman–Crippen MR) is 105 cm³/mol. The second-order valence-corrected chi connectivity index (χ2v) is 14.8. The van der Waals surface area contributed by atoms with Crippen LogP contribution in [-0.2, 0) is 16.3 Å². The normalized spacial score (nSPS) is 14.8. The molecule has 2 nitrogen and oxygen atoms in total. The van der Waals surface area contributed by atoms with Gasteiger partial charge in [0.25, 0.3) is 5.69 Å². The van der Waals surface area contributed by atoms with Gasteiger partial charge in [-0.05, 0) is 48.3 Å². The first kappa shape index (κ1) is 20.1. The van der Waals surface area contributed by atoms with Crippen molar-refractivity contribution in [1.82, 2.24) is 0 Å². The van der Waals surface area contributed by atoms with Gasteiger partial charge in [-0.3, -0.25) is 0 Å². The standard InChI is InChI=1S/C13H19BrClO2PS3/c1-5-16-18(19,21-9-20-13(2,3)4)17-12-7-6-10(14)8-11(12)15/h6-8H,5,9H2,1-4H3. The highest BCUT2D eigenvalue weighted by Gasteiger charge is 2.24. The van der Waals surface area contributed by atoms with Crippen LogP contribution < -0.4 is 4.52 Å². The highest BCUT2D eigenvalue weighted by Crippen LogP contribution is 2.62. The van der Waals surface area contributed by atoms with Gasteiger partial charge >= 0.3 is 0 Å². The van der Waals surface area contributed by atoms with Crippen LogP contribution in [0, 0.1) is 0 Å². The Labute approximate surface area is 154 Å². The maximum absolute atomic E-state index is 6.19. The van der Waals surface area contributed by atoms with Crippen molar-refractivity contribution < 1.29 is 9.05 Å². The van der Waals surface area contributed by atoms with Gasteiger partial charge < -0.3 is 9.05 Å². The Balaban J connectivity index is 2.77. The van der Waals surface area contributed by atoms with Crippen LogP contribution in [0.15, 0.2) is 22.7 Å². The summed E-state index contributed by atoms with van der Waals surface area (Å²) in [6, 6.07) is 5.47. The van der Waals surface area contributed by atoms with Gasteiger partial charge in [-0.2, -0.15) is 0 Å². The fraction of sp³-hybridized carbons (Fsp3) is 0.538. The zero-order chi connectivity index (χ0) is 16.1. The monoisotopic (exact) mass is 448 g/mol. The van der Waals surface area contributed by atoms with Gasteiger partial charge in [-0.15, -0.1) is 11.8 Å². The van der Waals surface area contributed by atoms with Crippen LogP contribution in [-0.4, -0.2) is 16.4 Å². The van der Waals surface area contributed by atoms with Crippen LogP contribution in [0.4, 0.5) is 0 Å². The average molecular weight is 450 g/mol. The van der Waals surface area contributed by atoms with Crippen molar-refractivity contribution in [2.75, 3.05) is 11.7 Å². The molecule has 1 rings (SSSR count). The predicted octanol–water partition coefficient (Wildman–Crippen LogP) is 6.96. The number of hydrogen-bond donors (Lipinski definition) is 0. The van der Waals surface area contributed by atoms with E-state index in [1.165, 1.54) is 0 Å². The molecule has 1 unspecified atom stereocenters. The molecule has 1 atom stereocenters. The number of thioether (sulfide) groups is 1. The lowest BCUT2D eigenvalue weighted by Gasteiger charge is -2.24. The molecule has 0 aliphatic rings. The summed E-state index contributed by atoms with van der Waals surface area (Å²) in [5.41, 5.74) is -2.44. The third-order valence-corrected chi connectivity index (χ3v) is 9.88. The molecule has 0 fully saturated rings. The minimum Gasteiger partial charge on any atom is -0.435 e. The van der Waals surface area contributed by atoms with Gasteiger partial charge in [0.1, 0.15) is 5.75 Å². The van der Waals surface area contributed by atoms with E-state index in [1.807, 2.05) is 30.8 Å². The topological polar surface area (TPSA) is 18.5 Å². The third-order valence-electron chi connectivity index (χ3n) is 2.09. The van der Waals surface area contributed by atoms with Crippen LogP contribution in [0.3, 0.4) is 0 Å². The molecular formula is C13H19BrClO2PS3. The van der Waals surface area contributed by atoms with E-state index in [9.17, 15) is 0 Å². The maximum atomic E-state index is 6.19. The lowest BCUT2D eigenvalue weighted by Crippen LogP contribution is -2.07. The van der Waals surface area contributed by atoms with E-state index < -0.39 is 5.69 Å². The second kappa shape index (κ2) is 8.81. The number of benzene rings is 1. The molecule has 1 aromatic rings. The SMILES string of the molecule is CCOP(=S)(Oc1ccc(Br)cc1Cl)SCSC(C)(C)C. The number of rotatable bonds is 7. The largest absolute Gasteiger partial charge is 0.435 e. The van der Waals surface area contributed by atoms with E-state index in [0.717, 1.165) is 9.56 Å². The Morgan fingerprint density at radius 1 is 1.38 bits per heavy atom. The van der Waals surface area contributed by atoms with Crippen LogP contribution in [0.1, 0.15) is 27.7 Å². The molecule has 120 valence electrons. The minimum absolute atomic E-state index is 0.189. The third kappa shape index (κ3) is 7.96. The highest BCUT2D eigenvalue weighted by molar-refractivity contribution is 9.10. The zero-order valence-electron chi connectivity index (χ0n) is 12.4. The molecule has 0 aliphatic carbocycles. The zero-order valence-corrected chi connectivity index (χ0v) is 18.1. The van der Waals surface area contributed by atoms with Crippen molar-refractivity contribution in [2.24, 2.45) is 0 Å². The smallest absolute Gasteiger partial charge is 0.298 e. The van der Waals surface area contributed by atoms with Gasteiger partial charge in [0, 0.05) is 14.3 Å². The van der Waals surface area contributed by atoms with E-state index >= 15 is 0 Å². The maximum Gasteiger partial charge on any atom is 0.298 e. The van der Waals surface area contributed by atoms with Crippen molar-refractivity contribution in [3.05, 3.63) is 27.7 Å². The van der Waals surface area contributed by atoms with E-state index in [4.69, 9.17) is 32.5 Å². The van der Waals surface area contributed by atoms with E-state index in [0.29, 0.717) is 17.4 Å². The van der Waals surface area contributed by atoms with E-state index in [2.05, 4.69) is 36.7 Å². The Hall–Kier alpha value is 1.10. The summed E-state index contributed by atoms with van der Waals surface area (Å²) in [5, 5.41) is 1.36. The molecule has 0 aliphatic heterocycles. The van der Waals surface area contributed by atoms with Crippen molar-refractivity contribution in [3.63, 3.8) is 0 Å². The Kier molecular flexibility index (Phi) is 8.45. The molecule has 0 saturated heterocycles. The molecule has 0 heterocycles. The van der Waals surface area contributed by atoms with E-state index in [1.54, 1.807) is 17.4 Å². The molecule has 0 bridgehead atoms. The lowest BCUT2D eigenvalue weighted by atomic mass is 10.3. The molecule has 1 aromatic carbocycles. The Morgan fingerprint density at radius 3 is 2.57 bits per heavy atom. The molecular weight excluding hydrogens is 431 g/mol.